The topological polar surface area (TPSA) is 83.5 Å². The minimum absolute atomic E-state index is 0.169. The fourth-order valence-corrected chi connectivity index (χ4v) is 6.45. The van der Waals surface area contributed by atoms with E-state index in [1.54, 1.807) is 12.0 Å². The summed E-state index contributed by atoms with van der Waals surface area (Å²) >= 11 is 0. The smallest absolute Gasteiger partial charge is 0.334 e. The van der Waals surface area contributed by atoms with Crippen LogP contribution < -0.4 is 9.64 Å². The molecule has 0 aromatic heterocycles. The fourth-order valence-electron chi connectivity index (χ4n) is 6.45. The van der Waals surface area contributed by atoms with Gasteiger partial charge in [0.05, 0.1) is 27.4 Å². The maximum atomic E-state index is 14.5. The van der Waals surface area contributed by atoms with E-state index in [9.17, 15) is 9.59 Å². The Bertz CT molecular complexity index is 1610. The first-order valence-corrected chi connectivity index (χ1v) is 14.7. The van der Waals surface area contributed by atoms with Crippen molar-refractivity contribution in [3.05, 3.63) is 107 Å². The van der Waals surface area contributed by atoms with Crippen LogP contribution in [0, 0.1) is 6.92 Å². The molecule has 44 heavy (non-hydrogen) atoms. The van der Waals surface area contributed by atoms with Gasteiger partial charge < -0.3 is 23.7 Å². The minimum Gasteiger partial charge on any atom is -0.497 e. The fraction of sp³-hybridized carbons (Fsp3) is 0.333. The normalized spacial score (nSPS) is 24.5. The lowest BCUT2D eigenvalue weighted by atomic mass is 9.70. The molecule has 2 saturated heterocycles. The SMILES string of the molecule is COC(=O)/C(=C/c1ccc(C)cc1)CC1=C(c2ccccc2)[C@]2(OC1)C(=O)N(c1ccc(OC)cc1)[C@H]2[C@H]1COC(C)(C)O1. The van der Waals surface area contributed by atoms with Crippen LogP contribution in [0.5, 0.6) is 5.75 Å². The summed E-state index contributed by atoms with van der Waals surface area (Å²) in [5, 5.41) is 0. The summed E-state index contributed by atoms with van der Waals surface area (Å²) < 4.78 is 29.6. The highest BCUT2D eigenvalue weighted by atomic mass is 16.7. The predicted octanol–water partition coefficient (Wildman–Crippen LogP) is 5.74. The van der Waals surface area contributed by atoms with Crippen molar-refractivity contribution < 1.29 is 33.3 Å². The number of ether oxygens (including phenoxy) is 5. The van der Waals surface area contributed by atoms with E-state index in [1.165, 1.54) is 7.11 Å². The molecule has 3 aliphatic heterocycles. The molecule has 0 radical (unpaired) electrons. The molecule has 2 fully saturated rings. The van der Waals surface area contributed by atoms with Gasteiger partial charge in [0, 0.05) is 23.3 Å². The Morgan fingerprint density at radius 1 is 0.977 bits per heavy atom. The Labute approximate surface area is 257 Å². The lowest BCUT2D eigenvalue weighted by molar-refractivity contribution is -0.170. The van der Waals surface area contributed by atoms with Crippen LogP contribution in [0.15, 0.2) is 90.0 Å². The highest BCUT2D eigenvalue weighted by Gasteiger charge is 2.70. The van der Waals surface area contributed by atoms with Crippen LogP contribution in [0.4, 0.5) is 5.69 Å². The van der Waals surface area contributed by atoms with E-state index in [0.29, 0.717) is 23.6 Å². The molecule has 3 aliphatic rings. The Hall–Kier alpha value is -4.24. The maximum Gasteiger partial charge on any atom is 0.334 e. The summed E-state index contributed by atoms with van der Waals surface area (Å²) in [6, 6.07) is 24.5. The monoisotopic (exact) mass is 595 g/mol. The number of benzene rings is 3. The molecular weight excluding hydrogens is 558 g/mol. The third kappa shape index (κ3) is 5.23. The van der Waals surface area contributed by atoms with Gasteiger partial charge in [0.2, 0.25) is 0 Å². The second kappa shape index (κ2) is 11.7. The molecule has 1 spiro atoms. The number of carbonyl (C=O) groups is 2. The zero-order valence-corrected chi connectivity index (χ0v) is 25.7. The standard InChI is InChI=1S/C36H37NO7/c1-23-11-13-24(14-12-23)19-26(33(38)41-5)20-27-21-43-36(31(27)25-9-7-6-8-10-25)32(30-22-42-35(2,3)44-30)37(34(36)39)28-15-17-29(40-4)18-16-28/h6-19,30,32H,20-22H2,1-5H3/b26-19+/t30-,32+,36-/m1/s1. The number of hydrogen-bond acceptors (Lipinski definition) is 7. The molecular formula is C36H37NO7. The zero-order valence-electron chi connectivity index (χ0n) is 25.7. The first-order valence-electron chi connectivity index (χ1n) is 14.7. The van der Waals surface area contributed by atoms with Crippen molar-refractivity contribution in [3.8, 4) is 5.75 Å². The second-order valence-corrected chi connectivity index (χ2v) is 11.8. The summed E-state index contributed by atoms with van der Waals surface area (Å²) in [5.74, 6) is -0.758. The van der Waals surface area contributed by atoms with Gasteiger partial charge in [-0.1, -0.05) is 60.2 Å². The largest absolute Gasteiger partial charge is 0.497 e. The highest BCUT2D eigenvalue weighted by molar-refractivity contribution is 6.18. The Balaban J connectivity index is 1.48. The van der Waals surface area contributed by atoms with Crippen molar-refractivity contribution in [1.82, 2.24) is 0 Å². The maximum absolute atomic E-state index is 14.5. The van der Waals surface area contributed by atoms with Crippen LogP contribution in [-0.2, 0) is 28.5 Å². The molecule has 3 aromatic carbocycles. The van der Waals surface area contributed by atoms with Crippen molar-refractivity contribution in [2.75, 3.05) is 32.3 Å². The van der Waals surface area contributed by atoms with Crippen molar-refractivity contribution in [1.29, 1.82) is 0 Å². The lowest BCUT2D eigenvalue weighted by Crippen LogP contribution is -2.78. The Morgan fingerprint density at radius 3 is 2.30 bits per heavy atom. The molecule has 0 saturated carbocycles. The van der Waals surface area contributed by atoms with Crippen molar-refractivity contribution in [2.45, 2.75) is 50.7 Å². The summed E-state index contributed by atoms with van der Waals surface area (Å²) in [6.07, 6.45) is 1.63. The Kier molecular flexibility index (Phi) is 7.92. The summed E-state index contributed by atoms with van der Waals surface area (Å²) in [5.41, 5.74) is 4.29. The number of methoxy groups -OCH3 is 2. The number of esters is 1. The molecule has 0 unspecified atom stereocenters. The van der Waals surface area contributed by atoms with E-state index < -0.39 is 29.5 Å². The van der Waals surface area contributed by atoms with E-state index in [-0.39, 0.29) is 18.9 Å². The number of aryl methyl sites for hydroxylation is 1. The number of rotatable bonds is 8. The van der Waals surface area contributed by atoms with Gasteiger partial charge in [0.25, 0.3) is 5.91 Å². The van der Waals surface area contributed by atoms with E-state index in [1.807, 2.05) is 106 Å². The third-order valence-corrected chi connectivity index (χ3v) is 8.50. The van der Waals surface area contributed by atoms with Crippen LogP contribution >= 0.6 is 0 Å². The van der Waals surface area contributed by atoms with Crippen LogP contribution in [-0.4, -0.2) is 62.8 Å². The first kappa shape index (κ1) is 29.8. The summed E-state index contributed by atoms with van der Waals surface area (Å²) in [7, 11) is 2.98. The molecule has 3 aromatic rings. The quantitative estimate of drug-likeness (QED) is 0.187. The molecule has 8 nitrogen and oxygen atoms in total. The zero-order chi connectivity index (χ0) is 31.1. The number of nitrogens with zero attached hydrogens (tertiary/aromatic N) is 1. The molecule has 3 heterocycles. The molecule has 8 heteroatoms. The third-order valence-electron chi connectivity index (χ3n) is 8.50. The van der Waals surface area contributed by atoms with Crippen LogP contribution in [0.3, 0.4) is 0 Å². The van der Waals surface area contributed by atoms with Gasteiger partial charge >= 0.3 is 5.97 Å². The number of anilines is 1. The van der Waals surface area contributed by atoms with Crippen molar-refractivity contribution in [2.24, 2.45) is 0 Å². The molecule has 3 atom stereocenters. The van der Waals surface area contributed by atoms with E-state index in [0.717, 1.165) is 27.8 Å². The number of hydrogen-bond donors (Lipinski definition) is 0. The van der Waals surface area contributed by atoms with Gasteiger partial charge in [-0.15, -0.1) is 0 Å². The molecule has 1 amide bonds. The number of amides is 1. The van der Waals surface area contributed by atoms with Crippen LogP contribution in [0.2, 0.25) is 0 Å². The predicted molar refractivity (Wildman–Crippen MR) is 167 cm³/mol. The number of β-lactam (4-membered cyclic amide) rings is 1. The van der Waals surface area contributed by atoms with E-state index >= 15 is 0 Å². The van der Waals surface area contributed by atoms with Crippen molar-refractivity contribution >= 4 is 29.2 Å². The van der Waals surface area contributed by atoms with Crippen LogP contribution in [0.25, 0.3) is 11.6 Å². The van der Waals surface area contributed by atoms with Gasteiger partial charge in [-0.25, -0.2) is 4.79 Å². The lowest BCUT2D eigenvalue weighted by Gasteiger charge is -2.56. The van der Waals surface area contributed by atoms with Gasteiger partial charge in [-0.05, 0) is 67.8 Å². The highest BCUT2D eigenvalue weighted by Crippen LogP contribution is 2.55. The summed E-state index contributed by atoms with van der Waals surface area (Å²) in [4.78, 5) is 29.4. The molecule has 228 valence electrons. The number of carbonyl (C=O) groups excluding carboxylic acids is 2. The van der Waals surface area contributed by atoms with Gasteiger partial charge in [0.15, 0.2) is 11.4 Å². The van der Waals surface area contributed by atoms with E-state index in [4.69, 9.17) is 23.7 Å². The van der Waals surface area contributed by atoms with Crippen LogP contribution in [0.1, 0.15) is 37.0 Å². The minimum atomic E-state index is -1.34. The van der Waals surface area contributed by atoms with Crippen molar-refractivity contribution in [3.63, 3.8) is 0 Å². The molecule has 0 N–H and O–H groups in total. The average molecular weight is 596 g/mol. The van der Waals surface area contributed by atoms with E-state index in [2.05, 4.69) is 0 Å². The molecule has 0 aliphatic carbocycles. The summed E-state index contributed by atoms with van der Waals surface area (Å²) in [6.45, 7) is 6.21. The Morgan fingerprint density at radius 2 is 1.68 bits per heavy atom. The second-order valence-electron chi connectivity index (χ2n) is 11.8. The van der Waals surface area contributed by atoms with Gasteiger partial charge in [-0.3, -0.25) is 9.69 Å². The van der Waals surface area contributed by atoms with Gasteiger partial charge in [0.1, 0.15) is 17.9 Å². The first-order chi connectivity index (χ1) is 21.2. The molecule has 0 bridgehead atoms. The van der Waals surface area contributed by atoms with Gasteiger partial charge in [-0.2, -0.15) is 0 Å². The molecule has 6 rings (SSSR count). The average Bonchev–Trinajstić information content (AvgIpc) is 3.61.